The smallest absolute Gasteiger partial charge is 0.341 e. The summed E-state index contributed by atoms with van der Waals surface area (Å²) in [7, 11) is 3.63. The minimum Gasteiger partial charge on any atom is -0.465 e. The Morgan fingerprint density at radius 3 is 1.56 bits per heavy atom. The van der Waals surface area contributed by atoms with Crippen molar-refractivity contribution in [2.24, 2.45) is 7.05 Å². The first kappa shape index (κ1) is 13.3. The Morgan fingerprint density at radius 2 is 1.33 bits per heavy atom. The van der Waals surface area contributed by atoms with Gasteiger partial charge in [0.2, 0.25) is 0 Å². The molecule has 0 aromatic carbocycles. The van der Waals surface area contributed by atoms with Crippen LogP contribution in [0.25, 0.3) is 0 Å². The zero-order valence-corrected chi connectivity index (χ0v) is 9.97. The van der Waals surface area contributed by atoms with Crippen molar-refractivity contribution in [2.75, 3.05) is 14.2 Å². The number of aromatic nitrogens is 1. The zero-order valence-electron chi connectivity index (χ0n) is 9.97. The van der Waals surface area contributed by atoms with E-state index in [0.717, 1.165) is 18.8 Å². The van der Waals surface area contributed by atoms with Crippen LogP contribution < -0.4 is 0 Å². The number of hydrogen-bond donors (Lipinski definition) is 0. The fraction of sp³-hybridized carbons (Fsp3) is 0.273. The largest absolute Gasteiger partial charge is 0.465 e. The average Bonchev–Trinajstić information content (AvgIpc) is 2.68. The predicted molar refractivity (Wildman–Crippen MR) is 57.5 cm³/mol. The van der Waals surface area contributed by atoms with Gasteiger partial charge < -0.3 is 14.0 Å². The average molecular weight is 247 g/mol. The molecule has 0 radical (unpaired) electrons. The van der Waals surface area contributed by atoms with Gasteiger partial charge in [-0.2, -0.15) is 10.5 Å². The van der Waals surface area contributed by atoms with Gasteiger partial charge in [0.15, 0.2) is 0 Å². The highest BCUT2D eigenvalue weighted by molar-refractivity contribution is 6.06. The summed E-state index contributed by atoms with van der Waals surface area (Å²) < 4.78 is 10.2. The molecular formula is C11H9N3O4. The van der Waals surface area contributed by atoms with Crippen molar-refractivity contribution in [1.82, 2.24) is 4.57 Å². The van der Waals surface area contributed by atoms with E-state index in [2.05, 4.69) is 9.47 Å². The molecule has 92 valence electrons. The first-order chi connectivity index (χ1) is 8.53. The fourth-order valence-electron chi connectivity index (χ4n) is 1.55. The second-order valence-electron chi connectivity index (χ2n) is 3.21. The molecule has 7 nitrogen and oxygen atoms in total. The van der Waals surface area contributed by atoms with E-state index >= 15 is 0 Å². The molecule has 0 aliphatic heterocycles. The number of hydrogen-bond acceptors (Lipinski definition) is 6. The molecule has 0 fully saturated rings. The summed E-state index contributed by atoms with van der Waals surface area (Å²) in [6.07, 6.45) is 0. The topological polar surface area (TPSA) is 105 Å². The minimum absolute atomic E-state index is 0.126. The van der Waals surface area contributed by atoms with Crippen molar-refractivity contribution in [3.8, 4) is 12.1 Å². The van der Waals surface area contributed by atoms with E-state index in [-0.39, 0.29) is 22.5 Å². The SMILES string of the molecule is COC(=O)c1c(C(=O)OC)c(C#N)n(C)c1C#N. The third-order valence-electron chi connectivity index (χ3n) is 2.39. The summed E-state index contributed by atoms with van der Waals surface area (Å²) in [5.74, 6) is -1.74. The Kier molecular flexibility index (Phi) is 3.70. The molecular weight excluding hydrogens is 238 g/mol. The van der Waals surface area contributed by atoms with Crippen LogP contribution >= 0.6 is 0 Å². The maximum atomic E-state index is 11.6. The third kappa shape index (κ3) is 1.78. The van der Waals surface area contributed by atoms with E-state index in [1.165, 1.54) is 7.05 Å². The molecule has 0 saturated carbocycles. The van der Waals surface area contributed by atoms with E-state index in [9.17, 15) is 9.59 Å². The molecule has 0 aliphatic rings. The van der Waals surface area contributed by atoms with Crippen LogP contribution in [0.15, 0.2) is 0 Å². The molecule has 0 bridgehead atoms. The maximum absolute atomic E-state index is 11.6. The summed E-state index contributed by atoms with van der Waals surface area (Å²) >= 11 is 0. The molecule has 18 heavy (non-hydrogen) atoms. The second kappa shape index (κ2) is 5.02. The molecule has 1 aromatic rings. The van der Waals surface area contributed by atoms with Gasteiger partial charge in [-0.1, -0.05) is 0 Å². The normalized spacial score (nSPS) is 9.17. The van der Waals surface area contributed by atoms with Gasteiger partial charge in [0.25, 0.3) is 0 Å². The number of nitriles is 2. The lowest BCUT2D eigenvalue weighted by atomic mass is 10.1. The van der Waals surface area contributed by atoms with Gasteiger partial charge in [-0.25, -0.2) is 9.59 Å². The van der Waals surface area contributed by atoms with Crippen LogP contribution in [0.3, 0.4) is 0 Å². The summed E-state index contributed by atoms with van der Waals surface area (Å²) in [6, 6.07) is 3.51. The number of carbonyl (C=O) groups is 2. The second-order valence-corrected chi connectivity index (χ2v) is 3.21. The first-order valence-electron chi connectivity index (χ1n) is 4.72. The molecule has 0 spiro atoms. The van der Waals surface area contributed by atoms with Gasteiger partial charge >= 0.3 is 11.9 Å². The van der Waals surface area contributed by atoms with Gasteiger partial charge in [-0.3, -0.25) is 0 Å². The number of esters is 2. The predicted octanol–water partition coefficient (Wildman–Crippen LogP) is 0.342. The molecule has 1 aromatic heterocycles. The summed E-state index contributed by atoms with van der Waals surface area (Å²) in [6.45, 7) is 0. The molecule has 0 saturated heterocycles. The molecule has 1 rings (SSSR count). The minimum atomic E-state index is -0.871. The van der Waals surface area contributed by atoms with Crippen LogP contribution in [-0.4, -0.2) is 30.7 Å². The Bertz CT molecular complexity index is 550. The summed E-state index contributed by atoms with van der Waals surface area (Å²) in [4.78, 5) is 23.2. The monoisotopic (exact) mass is 247 g/mol. The first-order valence-corrected chi connectivity index (χ1v) is 4.72. The van der Waals surface area contributed by atoms with Crippen LogP contribution in [0.4, 0.5) is 0 Å². The molecule has 0 atom stereocenters. The van der Waals surface area contributed by atoms with Gasteiger partial charge in [-0.15, -0.1) is 0 Å². The van der Waals surface area contributed by atoms with Crippen molar-refractivity contribution < 1.29 is 19.1 Å². The van der Waals surface area contributed by atoms with Crippen molar-refractivity contribution in [2.45, 2.75) is 0 Å². The van der Waals surface area contributed by atoms with Crippen molar-refractivity contribution >= 4 is 11.9 Å². The highest BCUT2D eigenvalue weighted by atomic mass is 16.5. The Hall–Kier alpha value is -2.80. The maximum Gasteiger partial charge on any atom is 0.341 e. The summed E-state index contributed by atoms with van der Waals surface area (Å²) in [5, 5.41) is 18.0. The third-order valence-corrected chi connectivity index (χ3v) is 2.39. The lowest BCUT2D eigenvalue weighted by Gasteiger charge is -2.01. The van der Waals surface area contributed by atoms with E-state index in [0.29, 0.717) is 0 Å². The highest BCUT2D eigenvalue weighted by Gasteiger charge is 2.31. The van der Waals surface area contributed by atoms with Gasteiger partial charge in [0, 0.05) is 7.05 Å². The van der Waals surface area contributed by atoms with Gasteiger partial charge in [0.05, 0.1) is 14.2 Å². The Balaban J connectivity index is 3.77. The fourth-order valence-corrected chi connectivity index (χ4v) is 1.55. The van der Waals surface area contributed by atoms with Gasteiger partial charge in [-0.05, 0) is 0 Å². The van der Waals surface area contributed by atoms with E-state index in [1.54, 1.807) is 12.1 Å². The number of methoxy groups -OCH3 is 2. The zero-order chi connectivity index (χ0) is 13.9. The molecule has 0 aliphatic carbocycles. The van der Waals surface area contributed by atoms with Crippen LogP contribution in [0.5, 0.6) is 0 Å². The van der Waals surface area contributed by atoms with Crippen LogP contribution in [0.2, 0.25) is 0 Å². The van der Waals surface area contributed by atoms with Gasteiger partial charge in [0.1, 0.15) is 34.7 Å². The van der Waals surface area contributed by atoms with E-state index < -0.39 is 11.9 Å². The lowest BCUT2D eigenvalue weighted by Crippen LogP contribution is -2.11. The number of carbonyl (C=O) groups excluding carboxylic acids is 2. The molecule has 0 unspecified atom stereocenters. The van der Waals surface area contributed by atoms with Crippen molar-refractivity contribution in [3.63, 3.8) is 0 Å². The Morgan fingerprint density at radius 1 is 1.00 bits per heavy atom. The number of rotatable bonds is 2. The van der Waals surface area contributed by atoms with Crippen LogP contribution in [0.1, 0.15) is 32.1 Å². The summed E-state index contributed by atoms with van der Waals surface area (Å²) in [5.41, 5.74) is -0.769. The van der Waals surface area contributed by atoms with Crippen molar-refractivity contribution in [1.29, 1.82) is 10.5 Å². The quantitative estimate of drug-likeness (QED) is 0.698. The Labute approximate surface area is 103 Å². The standard InChI is InChI=1S/C11H9N3O4/c1-14-6(4-12)8(10(15)17-2)9(7(14)5-13)11(16)18-3/h1-3H3. The molecule has 1 heterocycles. The van der Waals surface area contributed by atoms with Crippen molar-refractivity contribution in [3.05, 3.63) is 22.5 Å². The van der Waals surface area contributed by atoms with Crippen LogP contribution in [0, 0.1) is 22.7 Å². The molecule has 7 heteroatoms. The highest BCUT2D eigenvalue weighted by Crippen LogP contribution is 2.23. The number of nitrogens with zero attached hydrogens (tertiary/aromatic N) is 3. The number of ether oxygens (including phenoxy) is 2. The van der Waals surface area contributed by atoms with E-state index in [4.69, 9.17) is 10.5 Å². The lowest BCUT2D eigenvalue weighted by molar-refractivity contribution is 0.0556. The molecule has 0 N–H and O–H groups in total. The van der Waals surface area contributed by atoms with Crippen LogP contribution in [-0.2, 0) is 16.5 Å². The van der Waals surface area contributed by atoms with E-state index in [1.807, 2.05) is 0 Å². The molecule has 0 amide bonds.